The SMILES string of the molecule is CNC(=S)NC(C)Cc1ccco1. The molecule has 0 aromatic carbocycles. The Morgan fingerprint density at radius 3 is 3.00 bits per heavy atom. The summed E-state index contributed by atoms with van der Waals surface area (Å²) in [7, 11) is 1.80. The van der Waals surface area contributed by atoms with E-state index in [-0.39, 0.29) is 6.04 Å². The summed E-state index contributed by atoms with van der Waals surface area (Å²) in [6.45, 7) is 2.06. The second-order valence-corrected chi connectivity index (χ2v) is 3.32. The Bertz CT molecular complexity index is 259. The van der Waals surface area contributed by atoms with Crippen molar-refractivity contribution in [3.8, 4) is 0 Å². The summed E-state index contributed by atoms with van der Waals surface area (Å²) in [5.74, 6) is 0.971. The quantitative estimate of drug-likeness (QED) is 0.718. The van der Waals surface area contributed by atoms with Gasteiger partial charge in [0.05, 0.1) is 6.26 Å². The standard InChI is InChI=1S/C9H14N2OS/c1-7(11-9(13)10-2)6-8-4-3-5-12-8/h3-5,7H,6H2,1-2H3,(H2,10,11,13). The van der Waals surface area contributed by atoms with Crippen molar-refractivity contribution in [1.29, 1.82) is 0 Å². The smallest absolute Gasteiger partial charge is 0.166 e. The first-order valence-corrected chi connectivity index (χ1v) is 4.64. The Labute approximate surface area is 83.5 Å². The monoisotopic (exact) mass is 198 g/mol. The molecule has 1 unspecified atom stereocenters. The van der Waals surface area contributed by atoms with Crippen molar-refractivity contribution in [1.82, 2.24) is 10.6 Å². The predicted octanol–water partition coefficient (Wildman–Crippen LogP) is 1.30. The number of nitrogens with one attached hydrogen (secondary N) is 2. The summed E-state index contributed by atoms with van der Waals surface area (Å²) in [6.07, 6.45) is 2.52. The van der Waals surface area contributed by atoms with E-state index >= 15 is 0 Å². The van der Waals surface area contributed by atoms with E-state index in [0.29, 0.717) is 5.11 Å². The maximum absolute atomic E-state index is 5.22. The Morgan fingerprint density at radius 1 is 1.69 bits per heavy atom. The van der Waals surface area contributed by atoms with Crippen LogP contribution >= 0.6 is 12.2 Å². The molecule has 1 heterocycles. The van der Waals surface area contributed by atoms with E-state index in [1.54, 1.807) is 13.3 Å². The summed E-state index contributed by atoms with van der Waals surface area (Å²) in [5.41, 5.74) is 0. The molecule has 72 valence electrons. The topological polar surface area (TPSA) is 37.2 Å². The fraction of sp³-hybridized carbons (Fsp3) is 0.444. The average Bonchev–Trinajstić information content (AvgIpc) is 2.56. The lowest BCUT2D eigenvalue weighted by atomic mass is 10.2. The van der Waals surface area contributed by atoms with Gasteiger partial charge in [-0.2, -0.15) is 0 Å². The minimum atomic E-state index is 0.283. The molecule has 0 spiro atoms. The van der Waals surface area contributed by atoms with Gasteiger partial charge in [-0.3, -0.25) is 0 Å². The molecule has 1 atom stereocenters. The van der Waals surface area contributed by atoms with Crippen LogP contribution in [0.4, 0.5) is 0 Å². The van der Waals surface area contributed by atoms with Gasteiger partial charge >= 0.3 is 0 Å². The van der Waals surface area contributed by atoms with Gasteiger partial charge in [0.2, 0.25) is 0 Å². The van der Waals surface area contributed by atoms with E-state index in [2.05, 4.69) is 17.6 Å². The van der Waals surface area contributed by atoms with Crippen molar-refractivity contribution < 1.29 is 4.42 Å². The van der Waals surface area contributed by atoms with Gasteiger partial charge in [-0.15, -0.1) is 0 Å². The van der Waals surface area contributed by atoms with Crippen LogP contribution in [0.5, 0.6) is 0 Å². The second kappa shape index (κ2) is 4.87. The number of furan rings is 1. The van der Waals surface area contributed by atoms with Gasteiger partial charge < -0.3 is 15.1 Å². The molecule has 0 fully saturated rings. The molecule has 0 aliphatic rings. The third-order valence-corrected chi connectivity index (χ3v) is 2.01. The Balaban J connectivity index is 2.33. The van der Waals surface area contributed by atoms with Gasteiger partial charge in [0.15, 0.2) is 5.11 Å². The maximum Gasteiger partial charge on any atom is 0.166 e. The average molecular weight is 198 g/mol. The lowest BCUT2D eigenvalue weighted by Crippen LogP contribution is -2.39. The highest BCUT2D eigenvalue weighted by molar-refractivity contribution is 7.80. The molecular weight excluding hydrogens is 184 g/mol. The number of thiocarbonyl (C=S) groups is 1. The Morgan fingerprint density at radius 2 is 2.46 bits per heavy atom. The summed E-state index contributed by atoms with van der Waals surface area (Å²) in [5, 5.41) is 6.66. The minimum absolute atomic E-state index is 0.283. The molecule has 0 aliphatic heterocycles. The van der Waals surface area contributed by atoms with E-state index in [4.69, 9.17) is 16.6 Å². The molecule has 0 amide bonds. The Hall–Kier alpha value is -1.03. The van der Waals surface area contributed by atoms with Crippen LogP contribution in [0.15, 0.2) is 22.8 Å². The normalized spacial score (nSPS) is 12.2. The van der Waals surface area contributed by atoms with Crippen molar-refractivity contribution in [2.24, 2.45) is 0 Å². The molecule has 1 aromatic rings. The molecule has 3 nitrogen and oxygen atoms in total. The second-order valence-electron chi connectivity index (χ2n) is 2.91. The van der Waals surface area contributed by atoms with Gasteiger partial charge in [0.25, 0.3) is 0 Å². The van der Waals surface area contributed by atoms with Gasteiger partial charge in [-0.05, 0) is 31.3 Å². The van der Waals surface area contributed by atoms with Crippen LogP contribution in [0, 0.1) is 0 Å². The zero-order chi connectivity index (χ0) is 9.68. The van der Waals surface area contributed by atoms with Crippen molar-refractivity contribution in [3.05, 3.63) is 24.2 Å². The molecule has 0 saturated carbocycles. The first-order chi connectivity index (χ1) is 6.22. The highest BCUT2D eigenvalue weighted by Gasteiger charge is 2.05. The van der Waals surface area contributed by atoms with Gasteiger partial charge in [-0.25, -0.2) is 0 Å². The number of rotatable bonds is 3. The molecule has 0 bridgehead atoms. The fourth-order valence-electron chi connectivity index (χ4n) is 1.08. The molecule has 0 saturated heterocycles. The van der Waals surface area contributed by atoms with Gasteiger partial charge in [-0.1, -0.05) is 0 Å². The maximum atomic E-state index is 5.22. The zero-order valence-corrected chi connectivity index (χ0v) is 8.65. The summed E-state index contributed by atoms with van der Waals surface area (Å²) in [6, 6.07) is 4.13. The van der Waals surface area contributed by atoms with Crippen LogP contribution in [0.2, 0.25) is 0 Å². The number of hydrogen-bond donors (Lipinski definition) is 2. The zero-order valence-electron chi connectivity index (χ0n) is 7.83. The van der Waals surface area contributed by atoms with Crippen LogP contribution in [0.1, 0.15) is 12.7 Å². The lowest BCUT2D eigenvalue weighted by Gasteiger charge is -2.13. The molecule has 4 heteroatoms. The Kier molecular flexibility index (Phi) is 3.76. The van der Waals surface area contributed by atoms with Crippen molar-refractivity contribution in [2.45, 2.75) is 19.4 Å². The molecule has 1 aromatic heterocycles. The van der Waals surface area contributed by atoms with E-state index < -0.39 is 0 Å². The van der Waals surface area contributed by atoms with E-state index in [1.165, 1.54) is 0 Å². The van der Waals surface area contributed by atoms with E-state index in [9.17, 15) is 0 Å². The van der Waals surface area contributed by atoms with Crippen molar-refractivity contribution in [2.75, 3.05) is 7.05 Å². The molecule has 2 N–H and O–H groups in total. The third-order valence-electron chi connectivity index (χ3n) is 1.69. The molecular formula is C9H14N2OS. The highest BCUT2D eigenvalue weighted by atomic mass is 32.1. The first kappa shape index (κ1) is 10.1. The molecule has 0 aliphatic carbocycles. The van der Waals surface area contributed by atoms with E-state index in [1.807, 2.05) is 12.1 Å². The van der Waals surface area contributed by atoms with Gasteiger partial charge in [0, 0.05) is 19.5 Å². The van der Waals surface area contributed by atoms with Crippen LogP contribution in [0.3, 0.4) is 0 Å². The summed E-state index contributed by atoms with van der Waals surface area (Å²) >= 11 is 4.97. The predicted molar refractivity (Wildman–Crippen MR) is 56.7 cm³/mol. The number of hydrogen-bond acceptors (Lipinski definition) is 2. The van der Waals surface area contributed by atoms with Crippen molar-refractivity contribution >= 4 is 17.3 Å². The van der Waals surface area contributed by atoms with Crippen LogP contribution in [-0.2, 0) is 6.42 Å². The highest BCUT2D eigenvalue weighted by Crippen LogP contribution is 2.03. The first-order valence-electron chi connectivity index (χ1n) is 4.23. The minimum Gasteiger partial charge on any atom is -0.469 e. The summed E-state index contributed by atoms with van der Waals surface area (Å²) in [4.78, 5) is 0. The fourth-order valence-corrected chi connectivity index (χ4v) is 1.28. The van der Waals surface area contributed by atoms with Crippen molar-refractivity contribution in [3.63, 3.8) is 0 Å². The van der Waals surface area contributed by atoms with Crippen LogP contribution in [0.25, 0.3) is 0 Å². The lowest BCUT2D eigenvalue weighted by molar-refractivity contribution is 0.481. The van der Waals surface area contributed by atoms with Gasteiger partial charge in [0.1, 0.15) is 5.76 Å². The van der Waals surface area contributed by atoms with Crippen LogP contribution < -0.4 is 10.6 Å². The molecule has 1 rings (SSSR count). The summed E-state index contributed by atoms with van der Waals surface area (Å²) < 4.78 is 5.22. The van der Waals surface area contributed by atoms with E-state index in [0.717, 1.165) is 12.2 Å². The largest absolute Gasteiger partial charge is 0.469 e. The molecule has 0 radical (unpaired) electrons. The van der Waals surface area contributed by atoms with Crippen LogP contribution in [-0.4, -0.2) is 18.2 Å². The molecule has 13 heavy (non-hydrogen) atoms. The third kappa shape index (κ3) is 3.46.